The molecule has 0 aliphatic heterocycles. The molecule has 3 aromatic rings. The Bertz CT molecular complexity index is 832. The summed E-state index contributed by atoms with van der Waals surface area (Å²) in [6, 6.07) is 8.89. The summed E-state index contributed by atoms with van der Waals surface area (Å²) < 4.78 is 9.96. The van der Waals surface area contributed by atoms with Gasteiger partial charge in [-0.25, -0.2) is 4.79 Å². The van der Waals surface area contributed by atoms with Crippen molar-refractivity contribution in [3.05, 3.63) is 58.8 Å². The van der Waals surface area contributed by atoms with Gasteiger partial charge in [0.1, 0.15) is 17.0 Å². The minimum atomic E-state index is -0.706. The van der Waals surface area contributed by atoms with Crippen molar-refractivity contribution in [1.82, 2.24) is 0 Å². The van der Waals surface area contributed by atoms with Crippen LogP contribution in [0.15, 0.2) is 56.3 Å². The van der Waals surface area contributed by atoms with Gasteiger partial charge < -0.3 is 19.3 Å². The van der Waals surface area contributed by atoms with E-state index in [2.05, 4.69) is 5.32 Å². The van der Waals surface area contributed by atoms with Crippen molar-refractivity contribution in [3.8, 4) is 5.75 Å². The Balaban J connectivity index is 2.00. The zero-order valence-corrected chi connectivity index (χ0v) is 10.1. The van der Waals surface area contributed by atoms with Crippen molar-refractivity contribution in [3.63, 3.8) is 0 Å². The Hall–Kier alpha value is -3.02. The highest BCUT2D eigenvalue weighted by atomic mass is 16.4. The molecule has 1 amide bonds. The summed E-state index contributed by atoms with van der Waals surface area (Å²) in [5.41, 5.74) is -0.460. The molecule has 0 aliphatic carbocycles. The van der Waals surface area contributed by atoms with Crippen LogP contribution in [0.5, 0.6) is 5.75 Å². The highest BCUT2D eigenvalue weighted by Gasteiger charge is 2.13. The number of fused-ring (bicyclic) bond motifs is 1. The van der Waals surface area contributed by atoms with E-state index in [-0.39, 0.29) is 22.8 Å². The van der Waals surface area contributed by atoms with Gasteiger partial charge in [-0.2, -0.15) is 0 Å². The fraction of sp³-hybridized carbons (Fsp3) is 0. The number of phenols is 1. The third kappa shape index (κ3) is 2.14. The lowest BCUT2D eigenvalue weighted by atomic mass is 10.2. The first kappa shape index (κ1) is 12.0. The molecule has 100 valence electrons. The maximum atomic E-state index is 11.8. The van der Waals surface area contributed by atoms with Crippen LogP contribution < -0.4 is 10.9 Å². The molecule has 0 atom stereocenters. The van der Waals surface area contributed by atoms with Gasteiger partial charge in [-0.05, 0) is 30.3 Å². The molecule has 2 heterocycles. The van der Waals surface area contributed by atoms with Crippen molar-refractivity contribution in [2.24, 2.45) is 0 Å². The fourth-order valence-electron chi connectivity index (χ4n) is 1.78. The van der Waals surface area contributed by atoms with Gasteiger partial charge in [0.2, 0.25) is 0 Å². The zero-order valence-electron chi connectivity index (χ0n) is 10.1. The van der Waals surface area contributed by atoms with Crippen LogP contribution in [0.3, 0.4) is 0 Å². The number of nitrogens with one attached hydrogen (secondary N) is 1. The highest BCUT2D eigenvalue weighted by molar-refractivity contribution is 6.02. The molecule has 2 N–H and O–H groups in total. The maximum absolute atomic E-state index is 11.8. The van der Waals surface area contributed by atoms with Crippen LogP contribution in [0.4, 0.5) is 5.69 Å². The third-order valence-electron chi connectivity index (χ3n) is 2.71. The number of aromatic hydroxyl groups is 1. The van der Waals surface area contributed by atoms with Crippen LogP contribution in [0.25, 0.3) is 11.0 Å². The number of amides is 1. The van der Waals surface area contributed by atoms with Crippen molar-refractivity contribution in [2.45, 2.75) is 0 Å². The van der Waals surface area contributed by atoms with Crippen molar-refractivity contribution in [1.29, 1.82) is 0 Å². The molecule has 0 radical (unpaired) electrons. The average molecular weight is 271 g/mol. The predicted molar refractivity (Wildman–Crippen MR) is 70.8 cm³/mol. The van der Waals surface area contributed by atoms with Crippen molar-refractivity contribution < 1.29 is 18.7 Å². The van der Waals surface area contributed by atoms with Crippen LogP contribution in [0.1, 0.15) is 10.6 Å². The van der Waals surface area contributed by atoms with Crippen LogP contribution in [-0.2, 0) is 0 Å². The van der Waals surface area contributed by atoms with Gasteiger partial charge in [-0.3, -0.25) is 4.79 Å². The molecule has 0 unspecified atom stereocenters. The van der Waals surface area contributed by atoms with E-state index in [1.54, 1.807) is 12.1 Å². The van der Waals surface area contributed by atoms with E-state index in [9.17, 15) is 14.7 Å². The van der Waals surface area contributed by atoms with Crippen molar-refractivity contribution in [2.75, 3.05) is 5.32 Å². The van der Waals surface area contributed by atoms with Crippen LogP contribution in [0.2, 0.25) is 0 Å². The number of carbonyl (C=O) groups is 1. The molecule has 0 aliphatic rings. The lowest BCUT2D eigenvalue weighted by Crippen LogP contribution is -2.17. The molecule has 0 spiro atoms. The summed E-state index contributed by atoms with van der Waals surface area (Å²) in [6.45, 7) is 0. The van der Waals surface area contributed by atoms with Crippen LogP contribution >= 0.6 is 0 Å². The molecule has 20 heavy (non-hydrogen) atoms. The minimum absolute atomic E-state index is 0.00425. The fourth-order valence-corrected chi connectivity index (χ4v) is 1.78. The summed E-state index contributed by atoms with van der Waals surface area (Å²) in [6.07, 6.45) is 1.36. The van der Waals surface area contributed by atoms with E-state index in [1.165, 1.54) is 30.5 Å². The second kappa shape index (κ2) is 4.58. The molecule has 6 heteroatoms. The highest BCUT2D eigenvalue weighted by Crippen LogP contribution is 2.20. The molecule has 1 aromatic carbocycles. The van der Waals surface area contributed by atoms with Gasteiger partial charge in [0.25, 0.3) is 5.91 Å². The Morgan fingerprint density at radius 2 is 2.05 bits per heavy atom. The largest absolute Gasteiger partial charge is 0.508 e. The van der Waals surface area contributed by atoms with E-state index in [1.807, 2.05) is 0 Å². The molecule has 3 rings (SSSR count). The van der Waals surface area contributed by atoms with Gasteiger partial charge >= 0.3 is 5.63 Å². The second-order valence-electron chi connectivity index (χ2n) is 4.10. The predicted octanol–water partition coefficient (Wildman–Crippen LogP) is 2.34. The van der Waals surface area contributed by atoms with E-state index < -0.39 is 11.5 Å². The summed E-state index contributed by atoms with van der Waals surface area (Å²) >= 11 is 0. The van der Waals surface area contributed by atoms with Crippen LogP contribution in [-0.4, -0.2) is 11.0 Å². The zero-order chi connectivity index (χ0) is 14.1. The molecular weight excluding hydrogens is 262 g/mol. The maximum Gasteiger partial charge on any atom is 0.360 e. The monoisotopic (exact) mass is 271 g/mol. The standard InChI is InChI=1S/C14H9NO5/c16-9-4-3-8-6-10(14(18)20-12(8)7-9)15-13(17)11-2-1-5-19-11/h1-7,16H,(H,15,17). The number of carbonyl (C=O) groups excluding carboxylic acids is 1. The third-order valence-corrected chi connectivity index (χ3v) is 2.71. The Morgan fingerprint density at radius 1 is 1.20 bits per heavy atom. The molecule has 0 fully saturated rings. The molecule has 2 aromatic heterocycles. The normalized spacial score (nSPS) is 10.6. The first-order valence-electron chi connectivity index (χ1n) is 5.75. The topological polar surface area (TPSA) is 92.7 Å². The second-order valence-corrected chi connectivity index (χ2v) is 4.10. The quantitative estimate of drug-likeness (QED) is 0.698. The Labute approximate surface area is 112 Å². The lowest BCUT2D eigenvalue weighted by molar-refractivity contribution is 0.0996. The molecule has 0 bridgehead atoms. The first-order chi connectivity index (χ1) is 9.63. The Kier molecular flexibility index (Phi) is 2.76. The minimum Gasteiger partial charge on any atom is -0.508 e. The van der Waals surface area contributed by atoms with Crippen LogP contribution in [0, 0.1) is 0 Å². The average Bonchev–Trinajstić information content (AvgIpc) is 2.94. The molecule has 0 saturated heterocycles. The molecule has 6 nitrogen and oxygen atoms in total. The lowest BCUT2D eigenvalue weighted by Gasteiger charge is -2.03. The number of phenolic OH excluding ortho intramolecular Hbond substituents is 1. The van der Waals surface area contributed by atoms with E-state index in [4.69, 9.17) is 8.83 Å². The smallest absolute Gasteiger partial charge is 0.360 e. The van der Waals surface area contributed by atoms with Gasteiger partial charge in [-0.15, -0.1) is 0 Å². The van der Waals surface area contributed by atoms with Crippen molar-refractivity contribution >= 4 is 22.6 Å². The first-order valence-corrected chi connectivity index (χ1v) is 5.75. The summed E-state index contributed by atoms with van der Waals surface area (Å²) in [5, 5.41) is 12.3. The Morgan fingerprint density at radius 3 is 2.80 bits per heavy atom. The summed E-state index contributed by atoms with van der Waals surface area (Å²) in [7, 11) is 0. The van der Waals surface area contributed by atoms with Gasteiger partial charge in [0.15, 0.2) is 5.76 Å². The van der Waals surface area contributed by atoms with Gasteiger partial charge in [0, 0.05) is 11.5 Å². The number of rotatable bonds is 2. The van der Waals surface area contributed by atoms with E-state index in [0.29, 0.717) is 5.39 Å². The van der Waals surface area contributed by atoms with Gasteiger partial charge in [0.05, 0.1) is 6.26 Å². The number of anilines is 1. The number of hydrogen-bond acceptors (Lipinski definition) is 5. The summed E-state index contributed by atoms with van der Waals surface area (Å²) in [4.78, 5) is 23.5. The van der Waals surface area contributed by atoms with E-state index >= 15 is 0 Å². The summed E-state index contributed by atoms with van der Waals surface area (Å²) in [5.74, 6) is -0.455. The number of furan rings is 1. The number of hydrogen-bond donors (Lipinski definition) is 2. The molecule has 0 saturated carbocycles. The van der Waals surface area contributed by atoms with E-state index in [0.717, 1.165) is 0 Å². The molecular formula is C14H9NO5. The SMILES string of the molecule is O=C(Nc1cc2ccc(O)cc2oc1=O)c1ccco1. The number of benzene rings is 1. The van der Waals surface area contributed by atoms with Gasteiger partial charge in [-0.1, -0.05) is 0 Å².